The van der Waals surface area contributed by atoms with Crippen molar-refractivity contribution in [3.8, 4) is 0 Å². The standard InChI is InChI=1S/C14H15Cl2N3/c1-3-12-18-13(16)9(2)14(19-12)17-8-10-5-4-6-11(15)7-10/h4-7H,3,8H2,1-2H3,(H,17,18,19). The van der Waals surface area contributed by atoms with E-state index >= 15 is 0 Å². The van der Waals surface area contributed by atoms with Gasteiger partial charge >= 0.3 is 0 Å². The fourth-order valence-corrected chi connectivity index (χ4v) is 2.10. The van der Waals surface area contributed by atoms with Gasteiger partial charge in [0.2, 0.25) is 0 Å². The molecule has 1 N–H and O–H groups in total. The van der Waals surface area contributed by atoms with Crippen LogP contribution in [0.2, 0.25) is 10.2 Å². The van der Waals surface area contributed by atoms with Crippen LogP contribution < -0.4 is 5.32 Å². The lowest BCUT2D eigenvalue weighted by molar-refractivity contribution is 0.922. The molecule has 0 aliphatic carbocycles. The number of nitrogens with one attached hydrogen (secondary N) is 1. The zero-order valence-corrected chi connectivity index (χ0v) is 12.4. The Morgan fingerprint density at radius 1 is 1.21 bits per heavy atom. The predicted octanol–water partition coefficient (Wildman–Crippen LogP) is 4.27. The largest absolute Gasteiger partial charge is 0.366 e. The van der Waals surface area contributed by atoms with Gasteiger partial charge in [-0.3, -0.25) is 0 Å². The topological polar surface area (TPSA) is 37.8 Å². The zero-order valence-electron chi connectivity index (χ0n) is 10.9. The smallest absolute Gasteiger partial charge is 0.137 e. The Labute approximate surface area is 123 Å². The van der Waals surface area contributed by atoms with E-state index in [4.69, 9.17) is 23.2 Å². The summed E-state index contributed by atoms with van der Waals surface area (Å²) in [6.07, 6.45) is 0.756. The molecule has 0 aliphatic rings. The van der Waals surface area contributed by atoms with Gasteiger partial charge in [-0.1, -0.05) is 42.3 Å². The van der Waals surface area contributed by atoms with E-state index in [9.17, 15) is 0 Å². The van der Waals surface area contributed by atoms with Crippen molar-refractivity contribution < 1.29 is 0 Å². The first-order chi connectivity index (χ1) is 9.10. The fraction of sp³-hybridized carbons (Fsp3) is 0.286. The molecule has 1 aromatic heterocycles. The molecule has 0 aliphatic heterocycles. The van der Waals surface area contributed by atoms with Crippen LogP contribution in [0.15, 0.2) is 24.3 Å². The van der Waals surface area contributed by atoms with Gasteiger partial charge in [-0.05, 0) is 24.6 Å². The number of nitrogens with zero attached hydrogens (tertiary/aromatic N) is 2. The maximum atomic E-state index is 6.09. The summed E-state index contributed by atoms with van der Waals surface area (Å²) in [7, 11) is 0. The van der Waals surface area contributed by atoms with E-state index in [1.165, 1.54) is 0 Å². The predicted molar refractivity (Wildman–Crippen MR) is 79.9 cm³/mol. The molecule has 0 saturated carbocycles. The molecule has 0 bridgehead atoms. The molecule has 0 unspecified atom stereocenters. The molecule has 0 spiro atoms. The van der Waals surface area contributed by atoms with E-state index in [1.54, 1.807) is 0 Å². The fourth-order valence-electron chi connectivity index (χ4n) is 1.70. The third-order valence-corrected chi connectivity index (χ3v) is 3.40. The molecule has 1 heterocycles. The van der Waals surface area contributed by atoms with Gasteiger partial charge in [0.15, 0.2) is 0 Å². The zero-order chi connectivity index (χ0) is 13.8. The van der Waals surface area contributed by atoms with Crippen LogP contribution in [-0.2, 0) is 13.0 Å². The first-order valence-electron chi connectivity index (χ1n) is 6.11. The van der Waals surface area contributed by atoms with Crippen LogP contribution in [0.1, 0.15) is 23.9 Å². The van der Waals surface area contributed by atoms with Crippen molar-refractivity contribution in [3.05, 3.63) is 51.4 Å². The van der Waals surface area contributed by atoms with E-state index in [0.717, 1.165) is 34.2 Å². The average molecular weight is 296 g/mol. The van der Waals surface area contributed by atoms with Crippen molar-refractivity contribution >= 4 is 29.0 Å². The van der Waals surface area contributed by atoms with Crippen LogP contribution >= 0.6 is 23.2 Å². The minimum absolute atomic E-state index is 0.500. The second-order valence-corrected chi connectivity index (χ2v) is 5.04. The molecule has 19 heavy (non-hydrogen) atoms. The Kier molecular flexibility index (Phi) is 4.61. The van der Waals surface area contributed by atoms with E-state index in [2.05, 4.69) is 15.3 Å². The molecule has 2 rings (SSSR count). The van der Waals surface area contributed by atoms with Crippen molar-refractivity contribution in [1.29, 1.82) is 0 Å². The number of halogens is 2. The van der Waals surface area contributed by atoms with Crippen LogP contribution in [0.25, 0.3) is 0 Å². The molecule has 0 fully saturated rings. The normalized spacial score (nSPS) is 10.5. The Balaban J connectivity index is 2.17. The minimum Gasteiger partial charge on any atom is -0.366 e. The first kappa shape index (κ1) is 14.1. The van der Waals surface area contributed by atoms with Gasteiger partial charge in [0.25, 0.3) is 0 Å². The number of rotatable bonds is 4. The van der Waals surface area contributed by atoms with Crippen molar-refractivity contribution in [3.63, 3.8) is 0 Å². The van der Waals surface area contributed by atoms with Crippen LogP contribution in [0.4, 0.5) is 5.82 Å². The van der Waals surface area contributed by atoms with Crippen LogP contribution in [-0.4, -0.2) is 9.97 Å². The number of aromatic nitrogens is 2. The van der Waals surface area contributed by atoms with E-state index in [1.807, 2.05) is 38.1 Å². The molecule has 0 saturated heterocycles. The lowest BCUT2D eigenvalue weighted by Gasteiger charge is -2.11. The van der Waals surface area contributed by atoms with Gasteiger partial charge in [-0.15, -0.1) is 0 Å². The van der Waals surface area contributed by atoms with Gasteiger partial charge in [0.05, 0.1) is 0 Å². The molecule has 1 aromatic carbocycles. The maximum Gasteiger partial charge on any atom is 0.137 e. The summed E-state index contributed by atoms with van der Waals surface area (Å²) in [5, 5.41) is 4.51. The van der Waals surface area contributed by atoms with Crippen molar-refractivity contribution in [2.45, 2.75) is 26.8 Å². The summed E-state index contributed by atoms with van der Waals surface area (Å²) in [4.78, 5) is 8.66. The Morgan fingerprint density at radius 2 is 2.00 bits per heavy atom. The summed E-state index contributed by atoms with van der Waals surface area (Å²) in [5.41, 5.74) is 1.96. The van der Waals surface area contributed by atoms with E-state index < -0.39 is 0 Å². The summed E-state index contributed by atoms with van der Waals surface area (Å²) in [5.74, 6) is 1.51. The molecule has 5 heteroatoms. The SMILES string of the molecule is CCc1nc(Cl)c(C)c(NCc2cccc(Cl)c2)n1. The van der Waals surface area contributed by atoms with Crippen molar-refractivity contribution in [1.82, 2.24) is 9.97 Å². The molecular weight excluding hydrogens is 281 g/mol. The van der Waals surface area contributed by atoms with E-state index in [-0.39, 0.29) is 0 Å². The van der Waals surface area contributed by atoms with Gasteiger partial charge < -0.3 is 5.32 Å². The first-order valence-corrected chi connectivity index (χ1v) is 6.87. The highest BCUT2D eigenvalue weighted by molar-refractivity contribution is 6.30. The van der Waals surface area contributed by atoms with E-state index in [0.29, 0.717) is 11.7 Å². The van der Waals surface area contributed by atoms with Crippen LogP contribution in [0.3, 0.4) is 0 Å². The second-order valence-electron chi connectivity index (χ2n) is 4.24. The summed E-state index contributed by atoms with van der Waals surface area (Å²) >= 11 is 12.0. The maximum absolute atomic E-state index is 6.09. The number of anilines is 1. The molecule has 0 amide bonds. The molecule has 0 radical (unpaired) electrons. The summed E-state index contributed by atoms with van der Waals surface area (Å²) in [6.45, 7) is 4.56. The highest BCUT2D eigenvalue weighted by Crippen LogP contribution is 2.21. The Bertz CT molecular complexity index is 585. The van der Waals surface area contributed by atoms with Crippen molar-refractivity contribution in [2.75, 3.05) is 5.32 Å². The van der Waals surface area contributed by atoms with Gasteiger partial charge in [-0.25, -0.2) is 9.97 Å². The molecule has 3 nitrogen and oxygen atoms in total. The van der Waals surface area contributed by atoms with Gasteiger partial charge in [0.1, 0.15) is 16.8 Å². The Morgan fingerprint density at radius 3 is 2.68 bits per heavy atom. The van der Waals surface area contributed by atoms with Crippen molar-refractivity contribution in [2.24, 2.45) is 0 Å². The molecule has 0 atom stereocenters. The number of hydrogen-bond acceptors (Lipinski definition) is 3. The molecular formula is C14H15Cl2N3. The number of aryl methyl sites for hydroxylation is 1. The van der Waals surface area contributed by atoms with Crippen LogP contribution in [0, 0.1) is 6.92 Å². The lowest BCUT2D eigenvalue weighted by atomic mass is 10.2. The second kappa shape index (κ2) is 6.22. The highest BCUT2D eigenvalue weighted by Gasteiger charge is 2.08. The Hall–Kier alpha value is -1.32. The molecule has 2 aromatic rings. The molecule has 100 valence electrons. The lowest BCUT2D eigenvalue weighted by Crippen LogP contribution is -2.07. The summed E-state index contributed by atoms with van der Waals surface area (Å²) < 4.78 is 0. The number of hydrogen-bond donors (Lipinski definition) is 1. The van der Waals surface area contributed by atoms with Gasteiger partial charge in [-0.2, -0.15) is 0 Å². The highest BCUT2D eigenvalue weighted by atomic mass is 35.5. The average Bonchev–Trinajstić information content (AvgIpc) is 2.40. The quantitative estimate of drug-likeness (QED) is 0.856. The van der Waals surface area contributed by atoms with Crippen LogP contribution in [0.5, 0.6) is 0 Å². The minimum atomic E-state index is 0.500. The third kappa shape index (κ3) is 3.58. The third-order valence-electron chi connectivity index (χ3n) is 2.80. The summed E-state index contributed by atoms with van der Waals surface area (Å²) in [6, 6.07) is 7.72. The monoisotopic (exact) mass is 295 g/mol. The van der Waals surface area contributed by atoms with Gasteiger partial charge in [0, 0.05) is 23.6 Å². The number of benzene rings is 1.